The molecule has 0 aromatic rings. The SMILES string of the molecule is CN=N/C=N/N. The lowest BCUT2D eigenvalue weighted by molar-refractivity contribution is 1.18. The molecule has 0 spiro atoms. The van der Waals surface area contributed by atoms with Crippen molar-refractivity contribution in [1.29, 1.82) is 0 Å². The fourth-order valence-corrected chi connectivity index (χ4v) is 0.0815. The van der Waals surface area contributed by atoms with Crippen LogP contribution in [-0.4, -0.2) is 13.4 Å². The Bertz CT molecular complexity index is 53.9. The van der Waals surface area contributed by atoms with Crippen molar-refractivity contribution < 1.29 is 0 Å². The van der Waals surface area contributed by atoms with E-state index in [1.54, 1.807) is 7.05 Å². The van der Waals surface area contributed by atoms with Gasteiger partial charge in [-0.15, -0.1) is 5.11 Å². The molecule has 0 radical (unpaired) electrons. The fraction of sp³-hybridized carbons (Fsp3) is 0.500. The quantitative estimate of drug-likeness (QED) is 0.157. The van der Waals surface area contributed by atoms with Crippen LogP contribution in [0.15, 0.2) is 15.3 Å². The van der Waals surface area contributed by atoms with Crippen LogP contribution in [0.3, 0.4) is 0 Å². The average Bonchev–Trinajstić information content (AvgIpc) is 1.61. The topological polar surface area (TPSA) is 63.1 Å². The van der Waals surface area contributed by atoms with Gasteiger partial charge in [-0.1, -0.05) is 0 Å². The van der Waals surface area contributed by atoms with E-state index in [1.807, 2.05) is 0 Å². The predicted molar refractivity (Wildman–Crippen MR) is 23.5 cm³/mol. The summed E-state index contributed by atoms with van der Waals surface area (Å²) in [7, 11) is 1.54. The maximum atomic E-state index is 4.63. The van der Waals surface area contributed by atoms with E-state index in [4.69, 9.17) is 0 Å². The standard InChI is InChI=1S/C2H6N4/c1-4-6-2-5-3/h2H,3H2,1H3/b5-2+,6-4?. The van der Waals surface area contributed by atoms with Crippen LogP contribution in [0, 0.1) is 0 Å². The predicted octanol–water partition coefficient (Wildman–Crippen LogP) is -0.0296. The zero-order valence-corrected chi connectivity index (χ0v) is 3.50. The van der Waals surface area contributed by atoms with Gasteiger partial charge in [0.05, 0.1) is 0 Å². The molecule has 4 heteroatoms. The Morgan fingerprint density at radius 2 is 2.33 bits per heavy atom. The fourth-order valence-electron chi connectivity index (χ4n) is 0.0815. The van der Waals surface area contributed by atoms with Gasteiger partial charge in [0.25, 0.3) is 0 Å². The Hall–Kier alpha value is -0.930. The number of hydrazone groups is 1. The Balaban J connectivity index is 3.07. The van der Waals surface area contributed by atoms with E-state index in [2.05, 4.69) is 21.2 Å². The normalized spacial score (nSPS) is 11.5. The first-order chi connectivity index (χ1) is 2.91. The third-order valence-corrected chi connectivity index (χ3v) is 0.234. The van der Waals surface area contributed by atoms with Crippen LogP contribution >= 0.6 is 0 Å². The molecule has 0 saturated heterocycles. The molecule has 0 aliphatic rings. The minimum absolute atomic E-state index is 1.17. The number of hydrogen-bond donors (Lipinski definition) is 1. The van der Waals surface area contributed by atoms with Gasteiger partial charge in [0.15, 0.2) is 6.34 Å². The Labute approximate surface area is 35.8 Å². The van der Waals surface area contributed by atoms with Gasteiger partial charge in [0.2, 0.25) is 0 Å². The minimum Gasteiger partial charge on any atom is -0.322 e. The van der Waals surface area contributed by atoms with Crippen LogP contribution in [0.5, 0.6) is 0 Å². The summed E-state index contributed by atoms with van der Waals surface area (Å²) in [5.41, 5.74) is 0. The molecule has 0 amide bonds. The molecule has 0 atom stereocenters. The van der Waals surface area contributed by atoms with Crippen molar-refractivity contribution in [2.45, 2.75) is 0 Å². The summed E-state index contributed by atoms with van der Waals surface area (Å²) in [6, 6.07) is 0. The summed E-state index contributed by atoms with van der Waals surface area (Å²) in [6.07, 6.45) is 1.17. The van der Waals surface area contributed by atoms with Crippen molar-refractivity contribution >= 4 is 6.34 Å². The van der Waals surface area contributed by atoms with Gasteiger partial charge in [-0.05, 0) is 0 Å². The molecular weight excluding hydrogens is 80.1 g/mol. The maximum absolute atomic E-state index is 4.63. The second kappa shape index (κ2) is 4.07. The molecule has 0 aromatic carbocycles. The number of nitrogens with zero attached hydrogens (tertiary/aromatic N) is 3. The zero-order chi connectivity index (χ0) is 4.83. The molecule has 0 bridgehead atoms. The second-order valence-electron chi connectivity index (χ2n) is 0.580. The third kappa shape index (κ3) is 3.07. The molecule has 0 saturated carbocycles. The van der Waals surface area contributed by atoms with Crippen molar-refractivity contribution in [3.05, 3.63) is 0 Å². The van der Waals surface area contributed by atoms with Crippen LogP contribution in [-0.2, 0) is 0 Å². The lowest BCUT2D eigenvalue weighted by Gasteiger charge is -1.64. The van der Waals surface area contributed by atoms with E-state index in [0.717, 1.165) is 0 Å². The van der Waals surface area contributed by atoms with Gasteiger partial charge < -0.3 is 5.84 Å². The average molecular weight is 86.1 g/mol. The number of hydrogen-bond acceptors (Lipinski definition) is 3. The Kier molecular flexibility index (Phi) is 3.44. The molecule has 6 heavy (non-hydrogen) atoms. The maximum Gasteiger partial charge on any atom is 0.157 e. The summed E-state index contributed by atoms with van der Waals surface area (Å²) in [5, 5.41) is 9.66. The summed E-state index contributed by atoms with van der Waals surface area (Å²) in [5.74, 6) is 4.63. The molecule has 0 aromatic heterocycles. The smallest absolute Gasteiger partial charge is 0.157 e. The van der Waals surface area contributed by atoms with E-state index >= 15 is 0 Å². The van der Waals surface area contributed by atoms with Gasteiger partial charge in [-0.2, -0.15) is 10.2 Å². The largest absolute Gasteiger partial charge is 0.322 e. The molecule has 0 aliphatic carbocycles. The summed E-state index contributed by atoms with van der Waals surface area (Å²) >= 11 is 0. The molecule has 0 rings (SSSR count). The molecule has 0 unspecified atom stereocenters. The lowest BCUT2D eigenvalue weighted by atomic mass is 11.3. The van der Waals surface area contributed by atoms with Crippen LogP contribution in [0.2, 0.25) is 0 Å². The van der Waals surface area contributed by atoms with Crippen LogP contribution in [0.4, 0.5) is 0 Å². The monoisotopic (exact) mass is 86.1 g/mol. The molecule has 2 N–H and O–H groups in total. The Morgan fingerprint density at radius 1 is 1.67 bits per heavy atom. The van der Waals surface area contributed by atoms with E-state index in [9.17, 15) is 0 Å². The summed E-state index contributed by atoms with van der Waals surface area (Å²) in [4.78, 5) is 0. The highest BCUT2D eigenvalue weighted by Crippen LogP contribution is 1.56. The van der Waals surface area contributed by atoms with Crippen LogP contribution < -0.4 is 5.84 Å². The molecule has 34 valence electrons. The van der Waals surface area contributed by atoms with Crippen LogP contribution in [0.25, 0.3) is 0 Å². The van der Waals surface area contributed by atoms with Gasteiger partial charge in [-0.3, -0.25) is 0 Å². The first kappa shape index (κ1) is 5.07. The van der Waals surface area contributed by atoms with Gasteiger partial charge in [0, 0.05) is 7.05 Å². The zero-order valence-electron chi connectivity index (χ0n) is 3.50. The molecule has 0 aliphatic heterocycles. The molecule has 4 nitrogen and oxygen atoms in total. The summed E-state index contributed by atoms with van der Waals surface area (Å²) < 4.78 is 0. The molecule has 0 fully saturated rings. The highest BCUT2D eigenvalue weighted by Gasteiger charge is 1.49. The van der Waals surface area contributed by atoms with Crippen molar-refractivity contribution in [1.82, 2.24) is 0 Å². The van der Waals surface area contributed by atoms with Crippen molar-refractivity contribution in [2.24, 2.45) is 21.2 Å². The van der Waals surface area contributed by atoms with E-state index < -0.39 is 0 Å². The van der Waals surface area contributed by atoms with Crippen molar-refractivity contribution in [2.75, 3.05) is 7.05 Å². The first-order valence-electron chi connectivity index (χ1n) is 1.42. The number of rotatable bonds is 1. The summed E-state index contributed by atoms with van der Waals surface area (Å²) in [6.45, 7) is 0. The second-order valence-corrected chi connectivity index (χ2v) is 0.580. The van der Waals surface area contributed by atoms with Gasteiger partial charge in [0.1, 0.15) is 0 Å². The Morgan fingerprint density at radius 3 is 2.50 bits per heavy atom. The third-order valence-electron chi connectivity index (χ3n) is 0.234. The number of nitrogens with two attached hydrogens (primary N) is 1. The first-order valence-corrected chi connectivity index (χ1v) is 1.42. The number of azo groups is 1. The van der Waals surface area contributed by atoms with Gasteiger partial charge >= 0.3 is 0 Å². The molecular formula is C2H6N4. The van der Waals surface area contributed by atoms with Gasteiger partial charge in [-0.25, -0.2) is 0 Å². The minimum atomic E-state index is 1.17. The molecule has 0 heterocycles. The van der Waals surface area contributed by atoms with E-state index in [1.165, 1.54) is 6.34 Å². The van der Waals surface area contributed by atoms with Crippen molar-refractivity contribution in [3.63, 3.8) is 0 Å². The lowest BCUT2D eigenvalue weighted by Crippen LogP contribution is -1.76. The highest BCUT2D eigenvalue weighted by atomic mass is 15.2. The van der Waals surface area contributed by atoms with Crippen molar-refractivity contribution in [3.8, 4) is 0 Å². The van der Waals surface area contributed by atoms with E-state index in [0.29, 0.717) is 0 Å². The van der Waals surface area contributed by atoms with E-state index in [-0.39, 0.29) is 0 Å². The highest BCUT2D eigenvalue weighted by molar-refractivity contribution is 5.53. The van der Waals surface area contributed by atoms with Crippen LogP contribution in [0.1, 0.15) is 0 Å².